The van der Waals surface area contributed by atoms with Crippen molar-refractivity contribution in [1.29, 1.82) is 0 Å². The van der Waals surface area contributed by atoms with Crippen molar-refractivity contribution in [1.82, 2.24) is 0 Å². The number of hydrogen-bond acceptors (Lipinski definition) is 4. The molecule has 5 heteroatoms. The van der Waals surface area contributed by atoms with Gasteiger partial charge in [-0.3, -0.25) is 4.79 Å². The number of nitrogens with zero attached hydrogens (tertiary/aromatic N) is 2. The van der Waals surface area contributed by atoms with Crippen LogP contribution in [0.3, 0.4) is 0 Å². The molecule has 0 saturated heterocycles. The third-order valence-electron chi connectivity index (χ3n) is 2.31. The maximum Gasteiger partial charge on any atom is 0.252 e. The highest BCUT2D eigenvalue weighted by Crippen LogP contribution is 2.33. The maximum absolute atomic E-state index is 11.5. The van der Waals surface area contributed by atoms with Crippen molar-refractivity contribution in [3.63, 3.8) is 0 Å². The number of carbonyl (C=O) groups excluding carboxylic acids is 1. The van der Waals surface area contributed by atoms with Crippen molar-refractivity contribution in [3.05, 3.63) is 18.2 Å². The summed E-state index contributed by atoms with van der Waals surface area (Å²) in [4.78, 5) is 11.5. The average molecular weight is 220 g/mol. The van der Waals surface area contributed by atoms with Crippen LogP contribution in [0, 0.1) is 0 Å². The Morgan fingerprint density at radius 1 is 1.31 bits per heavy atom. The molecule has 84 valence electrons. The Bertz CT molecular complexity index is 443. The van der Waals surface area contributed by atoms with Crippen LogP contribution in [-0.2, 0) is 4.79 Å². The van der Waals surface area contributed by atoms with Gasteiger partial charge in [-0.1, -0.05) is 0 Å². The van der Waals surface area contributed by atoms with Gasteiger partial charge in [0.15, 0.2) is 0 Å². The lowest BCUT2D eigenvalue weighted by molar-refractivity contribution is -0.116. The first kappa shape index (κ1) is 10.5. The molecule has 0 unspecified atom stereocenters. The molecule has 1 aromatic carbocycles. The Kier molecular flexibility index (Phi) is 2.76. The Hall–Kier alpha value is -2.04. The van der Waals surface area contributed by atoms with Crippen molar-refractivity contribution in [2.45, 2.75) is 6.42 Å². The fourth-order valence-corrected chi connectivity index (χ4v) is 1.51. The van der Waals surface area contributed by atoms with Crippen LogP contribution < -0.4 is 14.5 Å². The first-order valence-electron chi connectivity index (χ1n) is 4.83. The molecule has 1 aromatic rings. The van der Waals surface area contributed by atoms with E-state index in [1.807, 2.05) is 0 Å². The summed E-state index contributed by atoms with van der Waals surface area (Å²) < 4.78 is 10.3. The van der Waals surface area contributed by atoms with Crippen LogP contribution in [0.1, 0.15) is 6.42 Å². The predicted molar refractivity (Wildman–Crippen MR) is 60.1 cm³/mol. The number of methoxy groups -OCH3 is 2. The van der Waals surface area contributed by atoms with Gasteiger partial charge in [0, 0.05) is 12.3 Å². The van der Waals surface area contributed by atoms with Gasteiger partial charge in [0.05, 0.1) is 20.6 Å². The SMILES string of the molecule is COc1ccc(N2N=CCC2=O)c(OC)c1. The lowest BCUT2D eigenvalue weighted by atomic mass is 10.2. The van der Waals surface area contributed by atoms with Gasteiger partial charge in [-0.05, 0) is 12.1 Å². The fraction of sp³-hybridized carbons (Fsp3) is 0.273. The fourth-order valence-electron chi connectivity index (χ4n) is 1.51. The number of benzene rings is 1. The van der Waals surface area contributed by atoms with Crippen LogP contribution in [0.5, 0.6) is 11.5 Å². The molecule has 0 aromatic heterocycles. The van der Waals surface area contributed by atoms with E-state index in [0.29, 0.717) is 23.6 Å². The highest BCUT2D eigenvalue weighted by molar-refractivity contribution is 6.06. The third kappa shape index (κ3) is 1.71. The van der Waals surface area contributed by atoms with Gasteiger partial charge in [-0.15, -0.1) is 0 Å². The van der Waals surface area contributed by atoms with Crippen LogP contribution in [0.4, 0.5) is 5.69 Å². The molecule has 1 aliphatic rings. The van der Waals surface area contributed by atoms with Crippen LogP contribution in [0.25, 0.3) is 0 Å². The van der Waals surface area contributed by atoms with E-state index in [9.17, 15) is 4.79 Å². The second-order valence-corrected chi connectivity index (χ2v) is 3.25. The van der Waals surface area contributed by atoms with Crippen LogP contribution in [-0.4, -0.2) is 26.3 Å². The van der Waals surface area contributed by atoms with Crippen LogP contribution in [0.15, 0.2) is 23.3 Å². The first-order chi connectivity index (χ1) is 7.76. The summed E-state index contributed by atoms with van der Waals surface area (Å²) in [6, 6.07) is 5.23. The van der Waals surface area contributed by atoms with Gasteiger partial charge in [0.25, 0.3) is 5.91 Å². The number of rotatable bonds is 3. The number of ether oxygens (including phenoxy) is 2. The van der Waals surface area contributed by atoms with E-state index in [1.54, 1.807) is 38.6 Å². The third-order valence-corrected chi connectivity index (χ3v) is 2.31. The zero-order chi connectivity index (χ0) is 11.5. The molecular weight excluding hydrogens is 208 g/mol. The highest BCUT2D eigenvalue weighted by Gasteiger charge is 2.22. The molecule has 0 aliphatic carbocycles. The van der Waals surface area contributed by atoms with E-state index in [2.05, 4.69) is 5.10 Å². The summed E-state index contributed by atoms with van der Waals surface area (Å²) in [6.45, 7) is 0. The van der Waals surface area contributed by atoms with Gasteiger partial charge in [0.2, 0.25) is 0 Å². The van der Waals surface area contributed by atoms with Crippen molar-refractivity contribution < 1.29 is 14.3 Å². The summed E-state index contributed by atoms with van der Waals surface area (Å²) in [7, 11) is 3.12. The van der Waals surface area contributed by atoms with E-state index in [0.717, 1.165) is 0 Å². The van der Waals surface area contributed by atoms with E-state index < -0.39 is 0 Å². The van der Waals surface area contributed by atoms with Gasteiger partial charge < -0.3 is 9.47 Å². The molecule has 1 heterocycles. The molecule has 1 aliphatic heterocycles. The predicted octanol–water partition coefficient (Wildman–Crippen LogP) is 1.43. The summed E-state index contributed by atoms with van der Waals surface area (Å²) in [5.74, 6) is 1.17. The van der Waals surface area contributed by atoms with Gasteiger partial charge in [0.1, 0.15) is 17.2 Å². The van der Waals surface area contributed by atoms with Crippen molar-refractivity contribution >= 4 is 17.8 Å². The van der Waals surface area contributed by atoms with Crippen molar-refractivity contribution in [3.8, 4) is 11.5 Å². The van der Waals surface area contributed by atoms with E-state index in [-0.39, 0.29) is 5.91 Å². The quantitative estimate of drug-likeness (QED) is 0.774. The molecule has 0 radical (unpaired) electrons. The van der Waals surface area contributed by atoms with Crippen LogP contribution in [0.2, 0.25) is 0 Å². The number of carbonyl (C=O) groups is 1. The molecule has 0 N–H and O–H groups in total. The molecule has 0 atom stereocenters. The molecule has 16 heavy (non-hydrogen) atoms. The zero-order valence-corrected chi connectivity index (χ0v) is 9.14. The van der Waals surface area contributed by atoms with Gasteiger partial charge in [-0.25, -0.2) is 0 Å². The van der Waals surface area contributed by atoms with E-state index >= 15 is 0 Å². The number of anilines is 1. The molecule has 0 fully saturated rings. The number of hydrogen-bond donors (Lipinski definition) is 0. The lowest BCUT2D eigenvalue weighted by Crippen LogP contribution is -2.20. The average Bonchev–Trinajstić information content (AvgIpc) is 2.74. The Morgan fingerprint density at radius 3 is 2.69 bits per heavy atom. The molecule has 0 saturated carbocycles. The summed E-state index contributed by atoms with van der Waals surface area (Å²) in [5.41, 5.74) is 0.627. The minimum absolute atomic E-state index is 0.0662. The molecule has 0 bridgehead atoms. The summed E-state index contributed by atoms with van der Waals surface area (Å²) in [6.07, 6.45) is 1.90. The second kappa shape index (κ2) is 4.22. The van der Waals surface area contributed by atoms with Crippen molar-refractivity contribution in [2.24, 2.45) is 5.10 Å². The summed E-state index contributed by atoms with van der Waals surface area (Å²) >= 11 is 0. The molecular formula is C11H12N2O3. The summed E-state index contributed by atoms with van der Waals surface area (Å²) in [5, 5.41) is 5.32. The highest BCUT2D eigenvalue weighted by atomic mass is 16.5. The zero-order valence-electron chi connectivity index (χ0n) is 9.14. The monoisotopic (exact) mass is 220 g/mol. The topological polar surface area (TPSA) is 51.1 Å². The second-order valence-electron chi connectivity index (χ2n) is 3.25. The smallest absolute Gasteiger partial charge is 0.252 e. The largest absolute Gasteiger partial charge is 0.497 e. The lowest BCUT2D eigenvalue weighted by Gasteiger charge is -2.16. The van der Waals surface area contributed by atoms with Crippen LogP contribution >= 0.6 is 0 Å². The standard InChI is InChI=1S/C11H12N2O3/c1-15-8-3-4-9(10(7-8)16-2)13-11(14)5-6-12-13/h3-4,6-7H,5H2,1-2H3. The molecule has 0 spiro atoms. The first-order valence-corrected chi connectivity index (χ1v) is 4.83. The maximum atomic E-state index is 11.5. The van der Waals surface area contributed by atoms with E-state index in [1.165, 1.54) is 5.01 Å². The minimum atomic E-state index is -0.0662. The van der Waals surface area contributed by atoms with Gasteiger partial charge >= 0.3 is 0 Å². The molecule has 5 nitrogen and oxygen atoms in total. The number of hydrazone groups is 1. The Morgan fingerprint density at radius 2 is 2.12 bits per heavy atom. The van der Waals surface area contributed by atoms with Crippen molar-refractivity contribution in [2.75, 3.05) is 19.2 Å². The van der Waals surface area contributed by atoms with E-state index in [4.69, 9.17) is 9.47 Å². The Labute approximate surface area is 93.3 Å². The Balaban J connectivity index is 2.40. The normalized spacial score (nSPS) is 14.4. The number of amides is 1. The molecule has 1 amide bonds. The minimum Gasteiger partial charge on any atom is -0.497 e. The molecule has 2 rings (SSSR count). The van der Waals surface area contributed by atoms with Gasteiger partial charge in [-0.2, -0.15) is 10.1 Å².